The normalized spacial score (nSPS) is 20.4. The van der Waals surface area contributed by atoms with Gasteiger partial charge in [-0.1, -0.05) is 30.3 Å². The summed E-state index contributed by atoms with van der Waals surface area (Å²) in [6, 6.07) is 14.4. The van der Waals surface area contributed by atoms with Crippen LogP contribution in [-0.4, -0.2) is 36.0 Å². The summed E-state index contributed by atoms with van der Waals surface area (Å²) in [5.41, 5.74) is 3.93. The number of nitrogens with zero attached hydrogens (tertiary/aromatic N) is 1. The van der Waals surface area contributed by atoms with Gasteiger partial charge in [-0.15, -0.1) is 0 Å². The summed E-state index contributed by atoms with van der Waals surface area (Å²) in [6.45, 7) is 3.13. The van der Waals surface area contributed by atoms with E-state index >= 15 is 0 Å². The smallest absolute Gasteiger partial charge is 0.166 e. The standard InChI is InChI=1S/C24H29NO3/c1-28-23-14-19-12-20(24(27)22(19)13-21(23)16-26)11-17-7-9-25(10-8-17)15-18-5-3-2-4-6-18/h2-6,13-14,17,20,26H,7-12,15-16H2,1H3. The number of carbonyl (C=O) groups is 1. The fraction of sp³-hybridized carbons (Fsp3) is 0.458. The number of ether oxygens (including phenoxy) is 1. The maximum absolute atomic E-state index is 12.9. The lowest BCUT2D eigenvalue weighted by molar-refractivity contribution is 0.0895. The van der Waals surface area contributed by atoms with E-state index in [9.17, 15) is 9.90 Å². The molecule has 4 heteroatoms. The number of ketones is 1. The van der Waals surface area contributed by atoms with Gasteiger partial charge in [-0.2, -0.15) is 0 Å². The largest absolute Gasteiger partial charge is 0.496 e. The molecule has 4 rings (SSSR count). The maximum atomic E-state index is 12.9. The van der Waals surface area contributed by atoms with Crippen molar-refractivity contribution < 1.29 is 14.6 Å². The second kappa shape index (κ2) is 8.46. The highest BCUT2D eigenvalue weighted by Crippen LogP contribution is 2.37. The number of piperidine rings is 1. The van der Waals surface area contributed by atoms with Crippen molar-refractivity contribution in [1.29, 1.82) is 0 Å². The van der Waals surface area contributed by atoms with Crippen LogP contribution in [-0.2, 0) is 19.6 Å². The van der Waals surface area contributed by atoms with Crippen molar-refractivity contribution in [2.24, 2.45) is 11.8 Å². The lowest BCUT2D eigenvalue weighted by Crippen LogP contribution is -2.34. The van der Waals surface area contributed by atoms with E-state index in [1.165, 1.54) is 5.56 Å². The van der Waals surface area contributed by atoms with E-state index in [-0.39, 0.29) is 18.3 Å². The topological polar surface area (TPSA) is 49.8 Å². The number of methoxy groups -OCH3 is 1. The van der Waals surface area contributed by atoms with Gasteiger partial charge in [-0.3, -0.25) is 9.69 Å². The van der Waals surface area contributed by atoms with Crippen LogP contribution >= 0.6 is 0 Å². The van der Waals surface area contributed by atoms with Crippen LogP contribution < -0.4 is 4.74 Å². The molecule has 1 aliphatic heterocycles. The van der Waals surface area contributed by atoms with Crippen LogP contribution in [0, 0.1) is 11.8 Å². The van der Waals surface area contributed by atoms with Crippen molar-refractivity contribution >= 4 is 5.78 Å². The van der Waals surface area contributed by atoms with Crippen LogP contribution in [0.5, 0.6) is 5.75 Å². The van der Waals surface area contributed by atoms with Gasteiger partial charge in [-0.05, 0) is 68.0 Å². The highest BCUT2D eigenvalue weighted by Gasteiger charge is 2.34. The van der Waals surface area contributed by atoms with E-state index in [4.69, 9.17) is 4.74 Å². The van der Waals surface area contributed by atoms with Gasteiger partial charge >= 0.3 is 0 Å². The van der Waals surface area contributed by atoms with Crippen LogP contribution in [0.4, 0.5) is 0 Å². The zero-order chi connectivity index (χ0) is 19.5. The Morgan fingerprint density at radius 1 is 1.14 bits per heavy atom. The SMILES string of the molecule is COc1cc2c(cc1CO)C(=O)C(CC1CCN(Cc3ccccc3)CC1)C2. The van der Waals surface area contributed by atoms with Crippen LogP contribution in [0.15, 0.2) is 42.5 Å². The Bertz CT molecular complexity index is 825. The van der Waals surface area contributed by atoms with Gasteiger partial charge in [-0.25, -0.2) is 0 Å². The van der Waals surface area contributed by atoms with E-state index in [1.54, 1.807) is 7.11 Å². The zero-order valence-corrected chi connectivity index (χ0v) is 16.6. The molecule has 148 valence electrons. The van der Waals surface area contributed by atoms with Gasteiger partial charge in [0.15, 0.2) is 5.78 Å². The Morgan fingerprint density at radius 2 is 1.89 bits per heavy atom. The quantitative estimate of drug-likeness (QED) is 0.828. The molecule has 2 aromatic rings. The fourth-order valence-corrected chi connectivity index (χ4v) is 4.77. The van der Waals surface area contributed by atoms with Crippen molar-refractivity contribution in [2.45, 2.75) is 38.8 Å². The molecule has 0 spiro atoms. The molecule has 1 unspecified atom stereocenters. The summed E-state index contributed by atoms with van der Waals surface area (Å²) in [4.78, 5) is 15.4. The number of Topliss-reactive ketones (excluding diaryl/α,β-unsaturated/α-hetero) is 1. The molecule has 0 radical (unpaired) electrons. The van der Waals surface area contributed by atoms with E-state index in [0.717, 1.165) is 56.4 Å². The third-order valence-electron chi connectivity index (χ3n) is 6.35. The minimum absolute atomic E-state index is 0.0827. The Labute approximate surface area is 167 Å². The van der Waals surface area contributed by atoms with E-state index in [0.29, 0.717) is 17.2 Å². The molecular formula is C24H29NO3. The molecule has 0 saturated carbocycles. The number of benzene rings is 2. The first-order chi connectivity index (χ1) is 13.7. The van der Waals surface area contributed by atoms with Crippen molar-refractivity contribution in [2.75, 3.05) is 20.2 Å². The van der Waals surface area contributed by atoms with Gasteiger partial charge in [0.05, 0.1) is 13.7 Å². The van der Waals surface area contributed by atoms with E-state index in [2.05, 4.69) is 35.2 Å². The van der Waals surface area contributed by atoms with Crippen molar-refractivity contribution in [3.05, 3.63) is 64.7 Å². The average Bonchev–Trinajstić information content (AvgIpc) is 3.03. The third kappa shape index (κ3) is 3.98. The second-order valence-electron chi connectivity index (χ2n) is 8.19. The predicted molar refractivity (Wildman–Crippen MR) is 110 cm³/mol. The number of hydrogen-bond donors (Lipinski definition) is 1. The van der Waals surface area contributed by atoms with Crippen LogP contribution in [0.3, 0.4) is 0 Å². The number of fused-ring (bicyclic) bond motifs is 1. The van der Waals surface area contributed by atoms with Crippen LogP contribution in [0.25, 0.3) is 0 Å². The first-order valence-electron chi connectivity index (χ1n) is 10.3. The number of aliphatic hydroxyl groups excluding tert-OH is 1. The molecule has 2 aromatic carbocycles. The number of hydrogen-bond acceptors (Lipinski definition) is 4. The molecule has 1 saturated heterocycles. The molecule has 1 heterocycles. The minimum Gasteiger partial charge on any atom is -0.496 e. The average molecular weight is 380 g/mol. The molecule has 0 bridgehead atoms. The highest BCUT2D eigenvalue weighted by molar-refractivity contribution is 6.02. The van der Waals surface area contributed by atoms with Crippen molar-refractivity contribution in [3.8, 4) is 5.75 Å². The molecule has 0 aromatic heterocycles. The molecule has 1 N–H and O–H groups in total. The molecular weight excluding hydrogens is 350 g/mol. The molecule has 1 fully saturated rings. The number of aliphatic hydroxyl groups is 1. The number of rotatable bonds is 6. The van der Waals surface area contributed by atoms with Crippen LogP contribution in [0.1, 0.15) is 46.3 Å². The molecule has 1 atom stereocenters. The number of carbonyl (C=O) groups excluding carboxylic acids is 1. The lowest BCUT2D eigenvalue weighted by atomic mass is 9.85. The Balaban J connectivity index is 1.34. The van der Waals surface area contributed by atoms with E-state index < -0.39 is 0 Å². The molecule has 2 aliphatic rings. The fourth-order valence-electron chi connectivity index (χ4n) is 4.77. The summed E-state index contributed by atoms with van der Waals surface area (Å²) < 4.78 is 5.37. The summed E-state index contributed by atoms with van der Waals surface area (Å²) in [6.07, 6.45) is 4.11. The minimum atomic E-state index is -0.103. The van der Waals surface area contributed by atoms with Gasteiger partial charge in [0, 0.05) is 23.6 Å². The van der Waals surface area contributed by atoms with Crippen molar-refractivity contribution in [3.63, 3.8) is 0 Å². The predicted octanol–water partition coefficient (Wildman–Crippen LogP) is 3.84. The van der Waals surface area contributed by atoms with Crippen LogP contribution in [0.2, 0.25) is 0 Å². The van der Waals surface area contributed by atoms with Gasteiger partial charge in [0.2, 0.25) is 0 Å². The van der Waals surface area contributed by atoms with Gasteiger partial charge < -0.3 is 9.84 Å². The zero-order valence-electron chi connectivity index (χ0n) is 16.6. The number of likely N-dealkylation sites (tertiary alicyclic amines) is 1. The molecule has 1 aliphatic carbocycles. The molecule has 28 heavy (non-hydrogen) atoms. The maximum Gasteiger partial charge on any atom is 0.166 e. The Kier molecular flexibility index (Phi) is 5.79. The van der Waals surface area contributed by atoms with Crippen molar-refractivity contribution in [1.82, 2.24) is 4.90 Å². The first-order valence-corrected chi connectivity index (χ1v) is 10.3. The lowest BCUT2D eigenvalue weighted by Gasteiger charge is -2.32. The molecule has 0 amide bonds. The summed E-state index contributed by atoms with van der Waals surface area (Å²) in [7, 11) is 1.61. The Hall–Kier alpha value is -2.17. The first kappa shape index (κ1) is 19.2. The van der Waals surface area contributed by atoms with Gasteiger partial charge in [0.1, 0.15) is 5.75 Å². The van der Waals surface area contributed by atoms with E-state index in [1.807, 2.05) is 12.1 Å². The molecule has 4 nitrogen and oxygen atoms in total. The summed E-state index contributed by atoms with van der Waals surface area (Å²) in [5.74, 6) is 1.64. The third-order valence-corrected chi connectivity index (χ3v) is 6.35. The highest BCUT2D eigenvalue weighted by atomic mass is 16.5. The summed E-state index contributed by atoms with van der Waals surface area (Å²) >= 11 is 0. The summed E-state index contributed by atoms with van der Waals surface area (Å²) in [5, 5.41) is 9.53. The second-order valence-corrected chi connectivity index (χ2v) is 8.19. The monoisotopic (exact) mass is 379 g/mol. The van der Waals surface area contributed by atoms with Gasteiger partial charge in [0.25, 0.3) is 0 Å². The Morgan fingerprint density at radius 3 is 2.57 bits per heavy atom.